The Morgan fingerprint density at radius 1 is 1.05 bits per heavy atom. The molecule has 0 saturated heterocycles. The summed E-state index contributed by atoms with van der Waals surface area (Å²) in [6.45, 7) is 2.13. The molecule has 0 amide bonds. The predicted octanol–water partition coefficient (Wildman–Crippen LogP) is 3.74. The van der Waals surface area contributed by atoms with Crippen LogP contribution >= 0.6 is 0 Å². The number of hydrogen-bond acceptors (Lipinski definition) is 2. The van der Waals surface area contributed by atoms with Crippen LogP contribution in [0.2, 0.25) is 0 Å². The molecule has 2 aromatic rings. The highest BCUT2D eigenvalue weighted by Crippen LogP contribution is 2.23. The minimum absolute atomic E-state index is 0.0394. The Kier molecular flexibility index (Phi) is 5.28. The predicted molar refractivity (Wildman–Crippen MR) is 80.1 cm³/mol. The van der Waals surface area contributed by atoms with Gasteiger partial charge < -0.3 is 10.0 Å². The largest absolute Gasteiger partial charge is 0.394 e. The van der Waals surface area contributed by atoms with Gasteiger partial charge in [0.05, 0.1) is 12.6 Å². The van der Waals surface area contributed by atoms with E-state index in [1.54, 1.807) is 6.07 Å². The van der Waals surface area contributed by atoms with Gasteiger partial charge in [0.1, 0.15) is 0 Å². The van der Waals surface area contributed by atoms with Gasteiger partial charge in [0, 0.05) is 17.8 Å². The smallest absolute Gasteiger partial charge is 0.163 e. The van der Waals surface area contributed by atoms with Gasteiger partial charge in [-0.3, -0.25) is 0 Å². The first-order chi connectivity index (χ1) is 10.2. The molecule has 0 heterocycles. The van der Waals surface area contributed by atoms with Gasteiger partial charge in [-0.05, 0) is 24.6 Å². The lowest BCUT2D eigenvalue weighted by Crippen LogP contribution is -2.37. The van der Waals surface area contributed by atoms with Crippen LogP contribution in [0.3, 0.4) is 0 Å². The Labute approximate surface area is 123 Å². The Morgan fingerprint density at radius 2 is 1.76 bits per heavy atom. The van der Waals surface area contributed by atoms with E-state index in [1.807, 2.05) is 42.2 Å². The standard InChI is InChI=1S/C17H19F2NO/c1-2-14(12-21)20(15-8-4-3-5-9-15)11-13-7-6-10-16(18)17(13)19/h3-10,14,21H,2,11-12H2,1H3/t14-/m1/s1. The molecule has 0 aromatic heterocycles. The SMILES string of the molecule is CC[C@H](CO)N(Cc1cccc(F)c1F)c1ccccc1. The average molecular weight is 291 g/mol. The van der Waals surface area contributed by atoms with Gasteiger partial charge >= 0.3 is 0 Å². The van der Waals surface area contributed by atoms with Crippen molar-refractivity contribution in [3.05, 3.63) is 65.7 Å². The fraction of sp³-hybridized carbons (Fsp3) is 0.294. The zero-order valence-electron chi connectivity index (χ0n) is 12.0. The van der Waals surface area contributed by atoms with Crippen molar-refractivity contribution in [3.63, 3.8) is 0 Å². The normalized spacial score (nSPS) is 12.2. The molecule has 2 nitrogen and oxygen atoms in total. The van der Waals surface area contributed by atoms with Gasteiger partial charge in [0.25, 0.3) is 0 Å². The van der Waals surface area contributed by atoms with E-state index in [4.69, 9.17) is 0 Å². The minimum Gasteiger partial charge on any atom is -0.394 e. The zero-order chi connectivity index (χ0) is 15.2. The number of rotatable bonds is 6. The van der Waals surface area contributed by atoms with Crippen molar-refractivity contribution in [3.8, 4) is 0 Å². The number of para-hydroxylation sites is 1. The molecule has 1 N–H and O–H groups in total. The number of aliphatic hydroxyl groups is 1. The van der Waals surface area contributed by atoms with Gasteiger partial charge in [-0.25, -0.2) is 8.78 Å². The van der Waals surface area contributed by atoms with Crippen molar-refractivity contribution in [2.75, 3.05) is 11.5 Å². The van der Waals surface area contributed by atoms with Gasteiger partial charge in [-0.1, -0.05) is 37.3 Å². The molecule has 4 heteroatoms. The molecule has 112 valence electrons. The molecule has 0 aliphatic rings. The van der Waals surface area contributed by atoms with E-state index in [2.05, 4.69) is 0 Å². The van der Waals surface area contributed by atoms with Gasteiger partial charge in [-0.2, -0.15) is 0 Å². The zero-order valence-corrected chi connectivity index (χ0v) is 12.0. The molecule has 21 heavy (non-hydrogen) atoms. The number of halogens is 2. The van der Waals surface area contributed by atoms with E-state index < -0.39 is 11.6 Å². The minimum atomic E-state index is -0.849. The summed E-state index contributed by atoms with van der Waals surface area (Å²) in [6, 6.07) is 13.5. The van der Waals surface area contributed by atoms with Gasteiger partial charge in [-0.15, -0.1) is 0 Å². The van der Waals surface area contributed by atoms with Crippen molar-refractivity contribution < 1.29 is 13.9 Å². The van der Waals surface area contributed by atoms with Crippen LogP contribution < -0.4 is 4.90 Å². The van der Waals surface area contributed by atoms with Crippen molar-refractivity contribution in [1.82, 2.24) is 0 Å². The topological polar surface area (TPSA) is 23.5 Å². The maximum absolute atomic E-state index is 13.9. The molecule has 0 saturated carbocycles. The number of aliphatic hydroxyl groups excluding tert-OH is 1. The Morgan fingerprint density at radius 3 is 2.38 bits per heavy atom. The van der Waals surface area contributed by atoms with Crippen LogP contribution in [0.25, 0.3) is 0 Å². The second kappa shape index (κ2) is 7.18. The molecule has 0 unspecified atom stereocenters. The molecule has 2 aromatic carbocycles. The maximum Gasteiger partial charge on any atom is 0.163 e. The van der Waals surface area contributed by atoms with Crippen LogP contribution in [0.4, 0.5) is 14.5 Å². The first kappa shape index (κ1) is 15.4. The van der Waals surface area contributed by atoms with Crippen LogP contribution in [0.5, 0.6) is 0 Å². The van der Waals surface area contributed by atoms with Crippen LogP contribution in [0.1, 0.15) is 18.9 Å². The fourth-order valence-electron chi connectivity index (χ4n) is 2.35. The summed E-state index contributed by atoms with van der Waals surface area (Å²) in [4.78, 5) is 1.90. The maximum atomic E-state index is 13.9. The van der Waals surface area contributed by atoms with Crippen molar-refractivity contribution in [2.45, 2.75) is 25.9 Å². The Hall–Kier alpha value is -1.94. The summed E-state index contributed by atoms with van der Waals surface area (Å²) < 4.78 is 27.2. The van der Waals surface area contributed by atoms with E-state index in [9.17, 15) is 13.9 Å². The molecular formula is C17H19F2NO. The third kappa shape index (κ3) is 3.58. The lowest BCUT2D eigenvalue weighted by molar-refractivity contribution is 0.254. The molecular weight excluding hydrogens is 272 g/mol. The van der Waals surface area contributed by atoms with E-state index in [0.717, 1.165) is 11.8 Å². The molecule has 1 atom stereocenters. The molecule has 0 spiro atoms. The summed E-state index contributed by atoms with van der Waals surface area (Å²) in [5, 5.41) is 9.55. The molecule has 0 aliphatic carbocycles. The first-order valence-corrected chi connectivity index (χ1v) is 7.02. The van der Waals surface area contributed by atoms with Gasteiger partial charge in [0.15, 0.2) is 11.6 Å². The quantitative estimate of drug-likeness (QED) is 0.876. The summed E-state index contributed by atoms with van der Waals surface area (Å²) >= 11 is 0. The van der Waals surface area contributed by atoms with Gasteiger partial charge in [0.2, 0.25) is 0 Å². The second-order valence-electron chi connectivity index (χ2n) is 4.92. The number of hydrogen-bond donors (Lipinski definition) is 1. The van der Waals surface area contributed by atoms with Crippen LogP contribution in [-0.2, 0) is 6.54 Å². The lowest BCUT2D eigenvalue weighted by Gasteiger charge is -2.32. The van der Waals surface area contributed by atoms with E-state index in [0.29, 0.717) is 6.42 Å². The van der Waals surface area contributed by atoms with Crippen molar-refractivity contribution in [1.29, 1.82) is 0 Å². The van der Waals surface area contributed by atoms with Crippen molar-refractivity contribution in [2.24, 2.45) is 0 Å². The fourth-order valence-corrected chi connectivity index (χ4v) is 2.35. The van der Waals surface area contributed by atoms with Crippen molar-refractivity contribution >= 4 is 5.69 Å². The summed E-state index contributed by atoms with van der Waals surface area (Å²) in [6.07, 6.45) is 0.711. The monoisotopic (exact) mass is 291 g/mol. The van der Waals surface area contributed by atoms with E-state index >= 15 is 0 Å². The van der Waals surface area contributed by atoms with E-state index in [-0.39, 0.29) is 24.8 Å². The van der Waals surface area contributed by atoms with Crippen LogP contribution in [0, 0.1) is 11.6 Å². The third-order valence-corrected chi connectivity index (χ3v) is 3.58. The highest BCUT2D eigenvalue weighted by Gasteiger charge is 2.19. The summed E-state index contributed by atoms with van der Waals surface area (Å²) in [5.41, 5.74) is 1.16. The number of nitrogens with zero attached hydrogens (tertiary/aromatic N) is 1. The third-order valence-electron chi connectivity index (χ3n) is 3.58. The van der Waals surface area contributed by atoms with Crippen LogP contribution in [-0.4, -0.2) is 17.8 Å². The summed E-state index contributed by atoms with van der Waals surface area (Å²) in [7, 11) is 0. The molecule has 2 rings (SSSR count). The van der Waals surface area contributed by atoms with Crippen LogP contribution in [0.15, 0.2) is 48.5 Å². The second-order valence-corrected chi connectivity index (χ2v) is 4.92. The van der Waals surface area contributed by atoms with E-state index in [1.165, 1.54) is 6.07 Å². The molecule has 0 radical (unpaired) electrons. The Bertz CT molecular complexity index is 570. The molecule has 0 fully saturated rings. The number of anilines is 1. The lowest BCUT2D eigenvalue weighted by atomic mass is 10.1. The Balaban J connectivity index is 2.34. The molecule has 0 aliphatic heterocycles. The average Bonchev–Trinajstić information content (AvgIpc) is 2.52. The summed E-state index contributed by atoms with van der Waals surface area (Å²) in [5.74, 6) is -1.68. The highest BCUT2D eigenvalue weighted by atomic mass is 19.2. The first-order valence-electron chi connectivity index (χ1n) is 7.02. The highest BCUT2D eigenvalue weighted by molar-refractivity contribution is 5.48. The molecule has 0 bridgehead atoms. The number of benzene rings is 2.